The molecule has 1 aliphatic rings. The maximum Gasteiger partial charge on any atom is 0.224 e. The minimum atomic E-state index is -0.0372. The van der Waals surface area contributed by atoms with Crippen LogP contribution in [0.5, 0.6) is 0 Å². The van der Waals surface area contributed by atoms with Crippen LogP contribution in [0, 0.1) is 0 Å². The van der Waals surface area contributed by atoms with Crippen LogP contribution >= 0.6 is 11.3 Å². The summed E-state index contributed by atoms with van der Waals surface area (Å²) in [6.45, 7) is 3.30. The van der Waals surface area contributed by atoms with Crippen LogP contribution in [0.3, 0.4) is 0 Å². The zero-order chi connectivity index (χ0) is 17.6. The van der Waals surface area contributed by atoms with Gasteiger partial charge in [-0.25, -0.2) is 0 Å². The highest BCUT2D eigenvalue weighted by molar-refractivity contribution is 7.10. The fourth-order valence-corrected chi connectivity index (χ4v) is 4.36. The second-order valence-corrected chi connectivity index (χ2v) is 7.32. The molecule has 2 heterocycles. The van der Waals surface area contributed by atoms with Crippen LogP contribution in [0.25, 0.3) is 0 Å². The number of nitrogens with one attached hydrogen (secondary N) is 1. The summed E-state index contributed by atoms with van der Waals surface area (Å²) in [5.74, 6) is 0.0912. The van der Waals surface area contributed by atoms with Gasteiger partial charge in [0.15, 0.2) is 0 Å². The minimum Gasteiger partial charge on any atom is -0.355 e. The first-order chi connectivity index (χ1) is 12.2. The Bertz CT molecular complexity index is 726. The molecule has 3 rings (SSSR count). The fourth-order valence-electron chi connectivity index (χ4n) is 3.43. The van der Waals surface area contributed by atoms with Crippen molar-refractivity contribution in [1.29, 1.82) is 0 Å². The maximum absolute atomic E-state index is 12.6. The van der Waals surface area contributed by atoms with Crippen molar-refractivity contribution in [2.75, 3.05) is 13.1 Å². The lowest BCUT2D eigenvalue weighted by Crippen LogP contribution is -2.40. The first kappa shape index (κ1) is 17.7. The van der Waals surface area contributed by atoms with Crippen molar-refractivity contribution in [1.82, 2.24) is 10.2 Å². The zero-order valence-corrected chi connectivity index (χ0v) is 15.3. The highest BCUT2D eigenvalue weighted by Gasteiger charge is 2.29. The Labute approximate surface area is 152 Å². The average Bonchev–Trinajstić information content (AvgIpc) is 3.10. The summed E-state index contributed by atoms with van der Waals surface area (Å²) in [6, 6.07) is 12.0. The van der Waals surface area contributed by atoms with Gasteiger partial charge in [-0.1, -0.05) is 37.3 Å². The van der Waals surface area contributed by atoms with Crippen LogP contribution in [-0.4, -0.2) is 29.8 Å². The van der Waals surface area contributed by atoms with Gasteiger partial charge in [-0.2, -0.15) is 0 Å². The van der Waals surface area contributed by atoms with Crippen molar-refractivity contribution in [3.05, 3.63) is 57.8 Å². The van der Waals surface area contributed by atoms with Crippen molar-refractivity contribution in [3.8, 4) is 0 Å². The number of benzene rings is 1. The quantitative estimate of drug-likeness (QED) is 0.863. The molecule has 0 bridgehead atoms. The van der Waals surface area contributed by atoms with Gasteiger partial charge in [0, 0.05) is 24.4 Å². The highest BCUT2D eigenvalue weighted by atomic mass is 32.1. The molecule has 1 aliphatic heterocycles. The van der Waals surface area contributed by atoms with Crippen LogP contribution in [0.1, 0.15) is 41.8 Å². The van der Waals surface area contributed by atoms with Crippen molar-refractivity contribution >= 4 is 23.2 Å². The molecule has 1 N–H and O–H groups in total. The number of fused-ring (bicyclic) bond motifs is 1. The third-order valence-corrected chi connectivity index (χ3v) is 5.67. The van der Waals surface area contributed by atoms with Crippen LogP contribution < -0.4 is 5.32 Å². The summed E-state index contributed by atoms with van der Waals surface area (Å²) < 4.78 is 0. The lowest BCUT2D eigenvalue weighted by Gasteiger charge is -2.35. The van der Waals surface area contributed by atoms with Gasteiger partial charge in [-0.05, 0) is 35.4 Å². The number of amides is 2. The van der Waals surface area contributed by atoms with Crippen LogP contribution in [0.2, 0.25) is 0 Å². The highest BCUT2D eigenvalue weighted by Crippen LogP contribution is 2.35. The summed E-state index contributed by atoms with van der Waals surface area (Å²) in [5, 5.41) is 4.98. The van der Waals surface area contributed by atoms with E-state index < -0.39 is 0 Å². The van der Waals surface area contributed by atoms with E-state index in [1.807, 2.05) is 35.2 Å². The van der Waals surface area contributed by atoms with Crippen LogP contribution in [0.15, 0.2) is 41.8 Å². The van der Waals surface area contributed by atoms with Gasteiger partial charge in [0.1, 0.15) is 0 Å². The van der Waals surface area contributed by atoms with E-state index in [1.165, 1.54) is 10.4 Å². The smallest absolute Gasteiger partial charge is 0.224 e. The van der Waals surface area contributed by atoms with Crippen LogP contribution in [-0.2, 0) is 22.4 Å². The van der Waals surface area contributed by atoms with Gasteiger partial charge in [0.2, 0.25) is 11.8 Å². The number of carbonyl (C=O) groups excluding carboxylic acids is 2. The van der Waals surface area contributed by atoms with Gasteiger partial charge in [-0.15, -0.1) is 11.3 Å². The lowest BCUT2D eigenvalue weighted by molar-refractivity contribution is -0.134. The molecule has 132 valence electrons. The Morgan fingerprint density at radius 2 is 2.04 bits per heavy atom. The number of rotatable bonds is 6. The molecule has 2 aromatic rings. The van der Waals surface area contributed by atoms with E-state index in [4.69, 9.17) is 0 Å². The molecule has 2 amide bonds. The number of hydrogen-bond acceptors (Lipinski definition) is 3. The lowest BCUT2D eigenvalue weighted by atomic mass is 9.97. The normalized spacial score (nSPS) is 16.4. The van der Waals surface area contributed by atoms with E-state index in [0.717, 1.165) is 24.9 Å². The van der Waals surface area contributed by atoms with E-state index >= 15 is 0 Å². The maximum atomic E-state index is 12.6. The Kier molecular flexibility index (Phi) is 5.87. The van der Waals surface area contributed by atoms with E-state index in [9.17, 15) is 9.59 Å². The van der Waals surface area contributed by atoms with Crippen molar-refractivity contribution in [3.63, 3.8) is 0 Å². The average molecular weight is 356 g/mol. The van der Waals surface area contributed by atoms with E-state index in [1.54, 1.807) is 11.3 Å². The summed E-state index contributed by atoms with van der Waals surface area (Å²) in [4.78, 5) is 28.0. The third-order valence-electron chi connectivity index (χ3n) is 4.67. The molecule has 0 aliphatic carbocycles. The van der Waals surface area contributed by atoms with Crippen molar-refractivity contribution in [2.45, 2.75) is 38.6 Å². The molecule has 1 aromatic heterocycles. The SMILES string of the molecule is CCC1c2ccsc2CCN1C(=O)CCNC(=O)Cc1ccccc1. The summed E-state index contributed by atoms with van der Waals surface area (Å²) in [6.07, 6.45) is 2.58. The summed E-state index contributed by atoms with van der Waals surface area (Å²) in [7, 11) is 0. The molecule has 1 unspecified atom stereocenters. The van der Waals surface area contributed by atoms with Gasteiger partial charge in [0.05, 0.1) is 12.5 Å². The Balaban J connectivity index is 1.48. The van der Waals surface area contributed by atoms with E-state index in [2.05, 4.69) is 23.7 Å². The molecular formula is C20H24N2O2S. The largest absolute Gasteiger partial charge is 0.355 e. The van der Waals surface area contributed by atoms with E-state index in [-0.39, 0.29) is 17.9 Å². The molecule has 0 spiro atoms. The topological polar surface area (TPSA) is 49.4 Å². The summed E-state index contributed by atoms with van der Waals surface area (Å²) in [5.41, 5.74) is 2.29. The first-order valence-corrected chi connectivity index (χ1v) is 9.73. The Hall–Kier alpha value is -2.14. The van der Waals surface area contributed by atoms with Crippen LogP contribution in [0.4, 0.5) is 0 Å². The molecule has 4 nitrogen and oxygen atoms in total. The molecule has 0 fully saturated rings. The third kappa shape index (κ3) is 4.28. The second-order valence-electron chi connectivity index (χ2n) is 6.32. The molecule has 0 saturated carbocycles. The van der Waals surface area contributed by atoms with Gasteiger partial charge < -0.3 is 10.2 Å². The van der Waals surface area contributed by atoms with Crippen molar-refractivity contribution < 1.29 is 9.59 Å². The zero-order valence-electron chi connectivity index (χ0n) is 14.5. The number of carbonyl (C=O) groups is 2. The van der Waals surface area contributed by atoms with Gasteiger partial charge in [0.25, 0.3) is 0 Å². The number of hydrogen-bond donors (Lipinski definition) is 1. The van der Waals surface area contributed by atoms with Gasteiger partial charge in [-0.3, -0.25) is 9.59 Å². The molecule has 1 aromatic carbocycles. The number of thiophene rings is 1. The van der Waals surface area contributed by atoms with Gasteiger partial charge >= 0.3 is 0 Å². The summed E-state index contributed by atoms with van der Waals surface area (Å²) >= 11 is 1.79. The molecule has 0 radical (unpaired) electrons. The first-order valence-electron chi connectivity index (χ1n) is 8.85. The minimum absolute atomic E-state index is 0.0372. The predicted molar refractivity (Wildman–Crippen MR) is 101 cm³/mol. The predicted octanol–water partition coefficient (Wildman–Crippen LogP) is 3.33. The molecule has 25 heavy (non-hydrogen) atoms. The molecule has 5 heteroatoms. The molecular weight excluding hydrogens is 332 g/mol. The standard InChI is InChI=1S/C20H24N2O2S/c1-2-17-16-10-13-25-18(16)9-12-22(17)20(24)8-11-21-19(23)14-15-6-4-3-5-7-15/h3-7,10,13,17H,2,8-9,11-12,14H2,1H3,(H,21,23). The monoisotopic (exact) mass is 356 g/mol. The molecule has 0 saturated heterocycles. The number of nitrogens with zero attached hydrogens (tertiary/aromatic N) is 1. The molecule has 1 atom stereocenters. The Morgan fingerprint density at radius 1 is 1.24 bits per heavy atom. The second kappa shape index (κ2) is 8.30. The Morgan fingerprint density at radius 3 is 2.80 bits per heavy atom. The van der Waals surface area contributed by atoms with Crippen molar-refractivity contribution in [2.24, 2.45) is 0 Å². The van der Waals surface area contributed by atoms with E-state index in [0.29, 0.717) is 19.4 Å². The fraction of sp³-hybridized carbons (Fsp3) is 0.400.